The molecule has 0 radical (unpaired) electrons. The van der Waals surface area contributed by atoms with E-state index in [2.05, 4.69) is 4.98 Å². The van der Waals surface area contributed by atoms with Crippen molar-refractivity contribution >= 4 is 21.5 Å². The van der Waals surface area contributed by atoms with E-state index in [1.807, 2.05) is 4.72 Å². The van der Waals surface area contributed by atoms with Crippen molar-refractivity contribution in [3.8, 4) is 0 Å². The number of imidazole rings is 1. The molecule has 0 atom stereocenters. The molecule has 0 spiro atoms. The van der Waals surface area contributed by atoms with Crippen molar-refractivity contribution in [1.29, 1.82) is 0 Å². The Hall–Kier alpha value is -2.16. The number of nitrogens with two attached hydrogens (primary N) is 1. The summed E-state index contributed by atoms with van der Waals surface area (Å²) in [6.45, 7) is 0. The third-order valence-corrected chi connectivity index (χ3v) is 3.83. The summed E-state index contributed by atoms with van der Waals surface area (Å²) < 4.78 is 53.4. The standard InChI is InChI=1S/C10H10F2N4O2S/c1-16-5-14-9(13)10(16)19(17,18)15-8-3-2-6(11)4-7(8)12/h2-5,15H,13H2,1H3. The van der Waals surface area contributed by atoms with E-state index < -0.39 is 21.7 Å². The molecule has 1 aromatic carbocycles. The van der Waals surface area contributed by atoms with E-state index >= 15 is 0 Å². The van der Waals surface area contributed by atoms with Crippen LogP contribution < -0.4 is 10.5 Å². The molecule has 0 aliphatic carbocycles. The maximum absolute atomic E-state index is 13.4. The molecular weight excluding hydrogens is 278 g/mol. The maximum Gasteiger partial charge on any atom is 0.281 e. The molecule has 0 aliphatic heterocycles. The van der Waals surface area contributed by atoms with Crippen LogP contribution in [0.25, 0.3) is 0 Å². The summed E-state index contributed by atoms with van der Waals surface area (Å²) >= 11 is 0. The van der Waals surface area contributed by atoms with Crippen molar-refractivity contribution < 1.29 is 17.2 Å². The van der Waals surface area contributed by atoms with Crippen LogP contribution in [0.5, 0.6) is 0 Å². The Morgan fingerprint density at radius 1 is 1.37 bits per heavy atom. The Morgan fingerprint density at radius 3 is 2.58 bits per heavy atom. The van der Waals surface area contributed by atoms with Crippen LogP contribution in [0, 0.1) is 11.6 Å². The van der Waals surface area contributed by atoms with Crippen LogP contribution in [-0.4, -0.2) is 18.0 Å². The molecule has 9 heteroatoms. The third kappa shape index (κ3) is 2.50. The third-order valence-electron chi connectivity index (χ3n) is 2.34. The molecule has 3 N–H and O–H groups in total. The van der Waals surface area contributed by atoms with Crippen LogP contribution in [0.1, 0.15) is 0 Å². The number of benzene rings is 1. The fourth-order valence-electron chi connectivity index (χ4n) is 1.53. The number of nitrogen functional groups attached to an aromatic ring is 1. The van der Waals surface area contributed by atoms with E-state index in [1.165, 1.54) is 17.9 Å². The van der Waals surface area contributed by atoms with E-state index in [0.717, 1.165) is 12.1 Å². The highest BCUT2D eigenvalue weighted by atomic mass is 32.2. The SMILES string of the molecule is Cn1cnc(N)c1S(=O)(=O)Nc1ccc(F)cc1F. The van der Waals surface area contributed by atoms with Gasteiger partial charge in [-0.3, -0.25) is 4.72 Å². The molecule has 0 fully saturated rings. The molecule has 0 bridgehead atoms. The van der Waals surface area contributed by atoms with Gasteiger partial charge in [0.2, 0.25) is 0 Å². The van der Waals surface area contributed by atoms with E-state index in [-0.39, 0.29) is 16.5 Å². The van der Waals surface area contributed by atoms with Crippen LogP contribution in [0.15, 0.2) is 29.6 Å². The summed E-state index contributed by atoms with van der Waals surface area (Å²) in [4.78, 5) is 3.63. The van der Waals surface area contributed by atoms with E-state index in [9.17, 15) is 17.2 Å². The summed E-state index contributed by atoms with van der Waals surface area (Å²) in [7, 11) is -2.67. The lowest BCUT2D eigenvalue weighted by molar-refractivity contribution is 0.580. The fraction of sp³-hybridized carbons (Fsp3) is 0.100. The van der Waals surface area contributed by atoms with Gasteiger partial charge in [0.05, 0.1) is 12.0 Å². The Labute approximate surface area is 107 Å². The van der Waals surface area contributed by atoms with Gasteiger partial charge < -0.3 is 10.3 Å². The van der Waals surface area contributed by atoms with Gasteiger partial charge in [-0.05, 0) is 12.1 Å². The van der Waals surface area contributed by atoms with Gasteiger partial charge in [0.15, 0.2) is 10.8 Å². The van der Waals surface area contributed by atoms with Gasteiger partial charge in [0.1, 0.15) is 11.6 Å². The number of sulfonamides is 1. The number of halogens is 2. The minimum Gasteiger partial charge on any atom is -0.381 e. The first kappa shape index (κ1) is 13.3. The first-order valence-electron chi connectivity index (χ1n) is 5.06. The Morgan fingerprint density at radius 2 is 2.05 bits per heavy atom. The minimum absolute atomic E-state index is 0.211. The molecule has 2 aromatic rings. The number of hydrogen-bond donors (Lipinski definition) is 2. The first-order chi connectivity index (χ1) is 8.81. The van der Waals surface area contributed by atoms with Crippen molar-refractivity contribution in [2.24, 2.45) is 7.05 Å². The summed E-state index contributed by atoms with van der Waals surface area (Å²) in [5.41, 5.74) is 5.07. The van der Waals surface area contributed by atoms with E-state index in [0.29, 0.717) is 6.07 Å². The van der Waals surface area contributed by atoms with Crippen LogP contribution in [0.4, 0.5) is 20.3 Å². The number of nitrogens with zero attached hydrogens (tertiary/aromatic N) is 2. The summed E-state index contributed by atoms with van der Waals surface area (Å²) in [5, 5.41) is -0.295. The van der Waals surface area contributed by atoms with Gasteiger partial charge in [0, 0.05) is 13.1 Å². The molecule has 2 rings (SSSR count). The summed E-state index contributed by atoms with van der Waals surface area (Å²) in [6.07, 6.45) is 1.21. The van der Waals surface area contributed by atoms with Crippen LogP contribution >= 0.6 is 0 Å². The summed E-state index contributed by atoms with van der Waals surface area (Å²) in [6, 6.07) is 2.49. The molecular formula is C10H10F2N4O2S. The van der Waals surface area contributed by atoms with Gasteiger partial charge in [-0.1, -0.05) is 0 Å². The molecule has 1 heterocycles. The van der Waals surface area contributed by atoms with Crippen molar-refractivity contribution in [2.45, 2.75) is 5.03 Å². The van der Waals surface area contributed by atoms with Crippen molar-refractivity contribution in [3.05, 3.63) is 36.2 Å². The zero-order valence-corrected chi connectivity index (χ0v) is 10.6. The zero-order valence-electron chi connectivity index (χ0n) is 9.76. The average molecular weight is 288 g/mol. The predicted molar refractivity (Wildman–Crippen MR) is 64.8 cm³/mol. The Balaban J connectivity index is 2.42. The van der Waals surface area contributed by atoms with Gasteiger partial charge in [-0.25, -0.2) is 13.8 Å². The molecule has 0 amide bonds. The molecule has 0 aliphatic rings. The minimum atomic E-state index is -4.10. The monoisotopic (exact) mass is 288 g/mol. The lowest BCUT2D eigenvalue weighted by Crippen LogP contribution is -2.18. The van der Waals surface area contributed by atoms with Crippen molar-refractivity contribution in [3.63, 3.8) is 0 Å². The largest absolute Gasteiger partial charge is 0.381 e. The maximum atomic E-state index is 13.4. The van der Waals surface area contributed by atoms with Crippen LogP contribution in [0.3, 0.4) is 0 Å². The second-order valence-corrected chi connectivity index (χ2v) is 5.37. The lowest BCUT2D eigenvalue weighted by Gasteiger charge is -2.09. The van der Waals surface area contributed by atoms with E-state index in [4.69, 9.17) is 5.73 Å². The quantitative estimate of drug-likeness (QED) is 0.884. The van der Waals surface area contributed by atoms with Crippen molar-refractivity contribution in [1.82, 2.24) is 9.55 Å². The molecule has 0 saturated carbocycles. The Kier molecular flexibility index (Phi) is 3.14. The first-order valence-corrected chi connectivity index (χ1v) is 6.54. The summed E-state index contributed by atoms with van der Waals surface area (Å²) in [5.74, 6) is -2.04. The lowest BCUT2D eigenvalue weighted by atomic mass is 10.3. The second-order valence-electron chi connectivity index (χ2n) is 3.78. The topological polar surface area (TPSA) is 90.0 Å². The van der Waals surface area contributed by atoms with E-state index in [1.54, 1.807) is 0 Å². The van der Waals surface area contributed by atoms with Gasteiger partial charge in [-0.15, -0.1) is 0 Å². The normalized spacial score (nSPS) is 11.5. The predicted octanol–water partition coefficient (Wildman–Crippen LogP) is 1.08. The number of anilines is 2. The smallest absolute Gasteiger partial charge is 0.281 e. The van der Waals surface area contributed by atoms with Crippen LogP contribution in [0.2, 0.25) is 0 Å². The number of aromatic nitrogens is 2. The number of rotatable bonds is 3. The highest BCUT2D eigenvalue weighted by Gasteiger charge is 2.23. The average Bonchev–Trinajstić information content (AvgIpc) is 2.63. The molecule has 0 unspecified atom stereocenters. The molecule has 102 valence electrons. The molecule has 19 heavy (non-hydrogen) atoms. The van der Waals surface area contributed by atoms with Gasteiger partial charge in [0.25, 0.3) is 10.0 Å². The van der Waals surface area contributed by atoms with Gasteiger partial charge in [-0.2, -0.15) is 8.42 Å². The second kappa shape index (κ2) is 4.50. The Bertz CT molecular complexity index is 708. The molecule has 6 nitrogen and oxygen atoms in total. The molecule has 1 aromatic heterocycles. The van der Waals surface area contributed by atoms with Crippen LogP contribution in [-0.2, 0) is 17.1 Å². The van der Waals surface area contributed by atoms with Crippen molar-refractivity contribution in [2.75, 3.05) is 10.5 Å². The zero-order chi connectivity index (χ0) is 14.2. The number of hydrogen-bond acceptors (Lipinski definition) is 4. The highest BCUT2D eigenvalue weighted by molar-refractivity contribution is 7.92. The highest BCUT2D eigenvalue weighted by Crippen LogP contribution is 2.22. The molecule has 0 saturated heterocycles. The van der Waals surface area contributed by atoms with Gasteiger partial charge >= 0.3 is 0 Å². The fourth-order valence-corrected chi connectivity index (χ4v) is 2.84. The number of nitrogens with one attached hydrogen (secondary N) is 1. The number of aryl methyl sites for hydroxylation is 1.